The van der Waals surface area contributed by atoms with Crippen molar-refractivity contribution in [3.8, 4) is 0 Å². The molecule has 0 saturated carbocycles. The van der Waals surface area contributed by atoms with Crippen molar-refractivity contribution in [2.45, 2.75) is 24.8 Å². The number of hydrogen-bond donors (Lipinski definition) is 1. The molecule has 1 atom stereocenters. The number of carbonyl (C=O) groups is 2. The number of nitrogens with zero attached hydrogens (tertiary/aromatic N) is 1. The SMILES string of the molecule is Cc1cc(NC(=O)c2ccco2)sc1C(=O)N(C)C(C)c1ccc(S(C)(=O)=O)cc1. The number of aryl methyl sites for hydroxylation is 1. The van der Waals surface area contributed by atoms with E-state index in [4.69, 9.17) is 4.42 Å². The van der Waals surface area contributed by atoms with Gasteiger partial charge in [0.2, 0.25) is 0 Å². The molecule has 0 aliphatic heterocycles. The van der Waals surface area contributed by atoms with E-state index in [2.05, 4.69) is 5.32 Å². The Hall–Kier alpha value is -2.91. The Bertz CT molecular complexity index is 1160. The zero-order valence-electron chi connectivity index (χ0n) is 17.0. The predicted octanol–water partition coefficient (Wildman–Crippen LogP) is 4.14. The van der Waals surface area contributed by atoms with Crippen molar-refractivity contribution in [2.24, 2.45) is 0 Å². The summed E-state index contributed by atoms with van der Waals surface area (Å²) >= 11 is 1.20. The third-order valence-corrected chi connectivity index (χ3v) is 7.05. The van der Waals surface area contributed by atoms with Crippen molar-refractivity contribution < 1.29 is 22.4 Å². The number of thiophene rings is 1. The minimum atomic E-state index is -3.27. The number of amides is 2. The second-order valence-electron chi connectivity index (χ2n) is 6.99. The van der Waals surface area contributed by atoms with Gasteiger partial charge < -0.3 is 14.6 Å². The van der Waals surface area contributed by atoms with Crippen LogP contribution in [0.5, 0.6) is 0 Å². The van der Waals surface area contributed by atoms with Gasteiger partial charge in [-0.1, -0.05) is 12.1 Å². The molecule has 1 aromatic carbocycles. The van der Waals surface area contributed by atoms with Gasteiger partial charge in [-0.25, -0.2) is 8.42 Å². The van der Waals surface area contributed by atoms with Crippen molar-refractivity contribution in [2.75, 3.05) is 18.6 Å². The van der Waals surface area contributed by atoms with Crippen LogP contribution in [0.1, 0.15) is 44.3 Å². The zero-order valence-corrected chi connectivity index (χ0v) is 18.6. The Morgan fingerprint density at radius 3 is 2.40 bits per heavy atom. The molecular weight excluding hydrogens is 424 g/mol. The molecule has 9 heteroatoms. The number of rotatable bonds is 6. The van der Waals surface area contributed by atoms with E-state index < -0.39 is 9.84 Å². The second kappa shape index (κ2) is 8.45. The third kappa shape index (κ3) is 4.63. The van der Waals surface area contributed by atoms with Gasteiger partial charge in [-0.2, -0.15) is 0 Å². The highest BCUT2D eigenvalue weighted by molar-refractivity contribution is 7.90. The maximum atomic E-state index is 13.0. The number of furan rings is 1. The van der Waals surface area contributed by atoms with Crippen molar-refractivity contribution in [1.82, 2.24) is 4.90 Å². The minimum absolute atomic E-state index is 0.185. The van der Waals surface area contributed by atoms with Crippen LogP contribution in [0.25, 0.3) is 0 Å². The highest BCUT2D eigenvalue weighted by atomic mass is 32.2. The molecule has 0 spiro atoms. The minimum Gasteiger partial charge on any atom is -0.459 e. The Kier molecular flexibility index (Phi) is 6.14. The molecule has 3 rings (SSSR count). The summed E-state index contributed by atoms with van der Waals surface area (Å²) in [6.45, 7) is 3.68. The number of benzene rings is 1. The first-order chi connectivity index (χ1) is 14.1. The van der Waals surface area contributed by atoms with Crippen molar-refractivity contribution in [3.63, 3.8) is 0 Å². The maximum absolute atomic E-state index is 13.0. The summed E-state index contributed by atoms with van der Waals surface area (Å²) in [5, 5.41) is 3.29. The van der Waals surface area contributed by atoms with E-state index in [1.165, 1.54) is 29.7 Å². The first-order valence-electron chi connectivity index (χ1n) is 9.10. The molecule has 3 aromatic rings. The van der Waals surface area contributed by atoms with E-state index in [1.54, 1.807) is 42.3 Å². The van der Waals surface area contributed by atoms with E-state index in [1.807, 2.05) is 13.8 Å². The lowest BCUT2D eigenvalue weighted by Gasteiger charge is -2.25. The van der Waals surface area contributed by atoms with Crippen LogP contribution in [0.4, 0.5) is 5.00 Å². The molecule has 2 aromatic heterocycles. The molecule has 158 valence electrons. The number of carbonyl (C=O) groups excluding carboxylic acids is 2. The molecule has 0 aliphatic rings. The van der Waals surface area contributed by atoms with Crippen molar-refractivity contribution in [1.29, 1.82) is 0 Å². The Morgan fingerprint density at radius 2 is 1.83 bits per heavy atom. The smallest absolute Gasteiger partial charge is 0.291 e. The number of hydrogen-bond acceptors (Lipinski definition) is 6. The fourth-order valence-electron chi connectivity index (χ4n) is 2.89. The van der Waals surface area contributed by atoms with Gasteiger partial charge >= 0.3 is 0 Å². The average Bonchev–Trinajstić information content (AvgIpc) is 3.35. The molecule has 1 unspecified atom stereocenters. The lowest BCUT2D eigenvalue weighted by atomic mass is 10.1. The van der Waals surface area contributed by atoms with Crippen LogP contribution in [-0.2, 0) is 9.84 Å². The zero-order chi connectivity index (χ0) is 22.1. The molecule has 0 bridgehead atoms. The van der Waals surface area contributed by atoms with Crippen LogP contribution in [0, 0.1) is 6.92 Å². The maximum Gasteiger partial charge on any atom is 0.291 e. The largest absolute Gasteiger partial charge is 0.459 e. The van der Waals surface area contributed by atoms with E-state index in [9.17, 15) is 18.0 Å². The van der Waals surface area contributed by atoms with Crippen LogP contribution in [0.15, 0.2) is 58.0 Å². The molecule has 30 heavy (non-hydrogen) atoms. The lowest BCUT2D eigenvalue weighted by Crippen LogP contribution is -2.29. The summed E-state index contributed by atoms with van der Waals surface area (Å²) in [5.74, 6) is -0.374. The topological polar surface area (TPSA) is 96.7 Å². The number of sulfone groups is 1. The molecule has 0 aliphatic carbocycles. The number of anilines is 1. The Morgan fingerprint density at radius 1 is 1.17 bits per heavy atom. The van der Waals surface area contributed by atoms with Crippen LogP contribution >= 0.6 is 11.3 Å². The normalized spacial score (nSPS) is 12.4. The van der Waals surface area contributed by atoms with Gasteiger partial charge in [0.15, 0.2) is 15.6 Å². The van der Waals surface area contributed by atoms with Crippen LogP contribution in [0.2, 0.25) is 0 Å². The Balaban J connectivity index is 1.75. The summed E-state index contributed by atoms with van der Waals surface area (Å²) in [5.41, 5.74) is 1.57. The van der Waals surface area contributed by atoms with Gasteiger partial charge in [-0.15, -0.1) is 11.3 Å². The molecule has 0 radical (unpaired) electrons. The fourth-order valence-corrected chi connectivity index (χ4v) is 4.57. The molecule has 0 saturated heterocycles. The van der Waals surface area contributed by atoms with Crippen LogP contribution in [-0.4, -0.2) is 38.4 Å². The van der Waals surface area contributed by atoms with Gasteiger partial charge in [0.05, 0.1) is 27.1 Å². The van der Waals surface area contributed by atoms with E-state index in [-0.39, 0.29) is 28.5 Å². The molecule has 2 heterocycles. The van der Waals surface area contributed by atoms with Crippen LogP contribution in [0.3, 0.4) is 0 Å². The van der Waals surface area contributed by atoms with E-state index >= 15 is 0 Å². The highest BCUT2D eigenvalue weighted by Gasteiger charge is 2.23. The first-order valence-corrected chi connectivity index (χ1v) is 11.8. The summed E-state index contributed by atoms with van der Waals surface area (Å²) in [6.07, 6.45) is 2.57. The molecule has 7 nitrogen and oxygen atoms in total. The molecule has 1 N–H and O–H groups in total. The van der Waals surface area contributed by atoms with Gasteiger partial charge in [0.25, 0.3) is 11.8 Å². The number of nitrogens with one attached hydrogen (secondary N) is 1. The molecule has 0 fully saturated rings. The van der Waals surface area contributed by atoms with Gasteiger partial charge in [0, 0.05) is 13.3 Å². The average molecular weight is 447 g/mol. The fraction of sp³-hybridized carbons (Fsp3) is 0.238. The molecule has 2 amide bonds. The van der Waals surface area contributed by atoms with Gasteiger partial charge in [-0.05, 0) is 55.3 Å². The second-order valence-corrected chi connectivity index (χ2v) is 10.1. The summed E-state index contributed by atoms with van der Waals surface area (Å²) in [4.78, 5) is 27.5. The summed E-state index contributed by atoms with van der Waals surface area (Å²) in [7, 11) is -1.58. The lowest BCUT2D eigenvalue weighted by molar-refractivity contribution is 0.0746. The van der Waals surface area contributed by atoms with Gasteiger partial charge in [0.1, 0.15) is 0 Å². The van der Waals surface area contributed by atoms with Gasteiger partial charge in [-0.3, -0.25) is 9.59 Å². The summed E-state index contributed by atoms with van der Waals surface area (Å²) < 4.78 is 28.3. The highest BCUT2D eigenvalue weighted by Crippen LogP contribution is 2.30. The summed E-state index contributed by atoms with van der Waals surface area (Å²) in [6, 6.07) is 11.2. The standard InChI is InChI=1S/C21H22N2O5S2/c1-13-12-18(22-20(24)17-6-5-11-28-17)29-19(13)21(25)23(3)14(2)15-7-9-16(10-8-15)30(4,26)27/h5-12,14H,1-4H3,(H,22,24). The quantitative estimate of drug-likeness (QED) is 0.614. The van der Waals surface area contributed by atoms with E-state index in [0.717, 1.165) is 17.4 Å². The van der Waals surface area contributed by atoms with Crippen molar-refractivity contribution in [3.05, 3.63) is 70.5 Å². The predicted molar refractivity (Wildman–Crippen MR) is 116 cm³/mol. The monoisotopic (exact) mass is 446 g/mol. The first kappa shape index (κ1) is 21.8. The van der Waals surface area contributed by atoms with Crippen LogP contribution < -0.4 is 5.32 Å². The third-order valence-electron chi connectivity index (χ3n) is 4.79. The molecular formula is C21H22N2O5S2. The van der Waals surface area contributed by atoms with E-state index in [0.29, 0.717) is 9.88 Å². The van der Waals surface area contributed by atoms with Crippen molar-refractivity contribution >= 4 is 38.0 Å². The Labute approximate surface area is 179 Å².